The number of hydrogen-bond acceptors (Lipinski definition) is 2. The van der Waals surface area contributed by atoms with Crippen LogP contribution < -0.4 is 10.1 Å². The van der Waals surface area contributed by atoms with Crippen molar-refractivity contribution in [3.05, 3.63) is 52.3 Å². The summed E-state index contributed by atoms with van der Waals surface area (Å²) < 4.78 is 8.70. The molecule has 1 N–H and O–H groups in total. The maximum atomic E-state index is 5.43. The van der Waals surface area contributed by atoms with Crippen molar-refractivity contribution < 1.29 is 4.74 Å². The van der Waals surface area contributed by atoms with E-state index in [1.165, 1.54) is 11.1 Å². The second-order valence-electron chi connectivity index (χ2n) is 5.25. The van der Waals surface area contributed by atoms with Crippen molar-refractivity contribution in [2.45, 2.75) is 32.9 Å². The van der Waals surface area contributed by atoms with Gasteiger partial charge in [0.25, 0.3) is 0 Å². The Kier molecular flexibility index (Phi) is 5.88. The molecule has 0 aliphatic heterocycles. The van der Waals surface area contributed by atoms with Gasteiger partial charge >= 0.3 is 0 Å². The number of rotatable bonds is 7. The summed E-state index contributed by atoms with van der Waals surface area (Å²) in [6, 6.07) is 8.67. The zero-order valence-corrected chi connectivity index (χ0v) is 14.5. The predicted molar refractivity (Wildman–Crippen MR) is 90.9 cm³/mol. The van der Waals surface area contributed by atoms with E-state index in [-0.39, 0.29) is 0 Å². The van der Waals surface area contributed by atoms with Crippen LogP contribution in [0.25, 0.3) is 0 Å². The van der Waals surface area contributed by atoms with Crippen LogP contribution in [0.15, 0.2) is 41.1 Å². The van der Waals surface area contributed by atoms with E-state index in [9.17, 15) is 0 Å². The molecule has 0 aliphatic rings. The van der Waals surface area contributed by atoms with E-state index in [2.05, 4.69) is 64.2 Å². The number of ether oxygens (including phenoxy) is 1. The van der Waals surface area contributed by atoms with Gasteiger partial charge in [0.1, 0.15) is 5.75 Å². The molecule has 21 heavy (non-hydrogen) atoms. The van der Waals surface area contributed by atoms with Gasteiger partial charge in [0.2, 0.25) is 0 Å². The van der Waals surface area contributed by atoms with Crippen molar-refractivity contribution in [3.63, 3.8) is 0 Å². The number of aromatic nitrogens is 1. The highest BCUT2D eigenvalue weighted by Gasteiger charge is 2.08. The van der Waals surface area contributed by atoms with E-state index in [1.807, 2.05) is 12.1 Å². The van der Waals surface area contributed by atoms with Crippen molar-refractivity contribution in [3.8, 4) is 5.75 Å². The van der Waals surface area contributed by atoms with Gasteiger partial charge in [0.05, 0.1) is 13.7 Å². The smallest absolute Gasteiger partial charge is 0.123 e. The summed E-state index contributed by atoms with van der Waals surface area (Å²) in [5.74, 6) is 0.922. The topological polar surface area (TPSA) is 26.2 Å². The molecule has 0 saturated heterocycles. The molecule has 2 rings (SSSR count). The SMILES string of the molecule is CCCNC(C)c1ccn(Cc2cc(Br)ccc2OC)c1. The molecule has 4 heteroatoms. The Morgan fingerprint density at radius 2 is 2.14 bits per heavy atom. The average Bonchev–Trinajstić information content (AvgIpc) is 2.93. The highest BCUT2D eigenvalue weighted by molar-refractivity contribution is 9.10. The van der Waals surface area contributed by atoms with Gasteiger partial charge in [-0.25, -0.2) is 0 Å². The van der Waals surface area contributed by atoms with Crippen LogP contribution in [0.4, 0.5) is 0 Å². The standard InChI is InChI=1S/C17H23BrN2O/c1-4-8-19-13(2)14-7-9-20(11-14)12-15-10-16(18)5-6-17(15)21-3/h5-7,9-11,13,19H,4,8,12H2,1-3H3. The fraction of sp³-hybridized carbons (Fsp3) is 0.412. The van der Waals surface area contributed by atoms with Crippen LogP contribution >= 0.6 is 15.9 Å². The molecule has 1 unspecified atom stereocenters. The highest BCUT2D eigenvalue weighted by Crippen LogP contribution is 2.24. The largest absolute Gasteiger partial charge is 0.496 e. The first kappa shape index (κ1) is 16.1. The van der Waals surface area contributed by atoms with Crippen LogP contribution in [0.1, 0.15) is 37.4 Å². The molecule has 0 fully saturated rings. The summed E-state index contributed by atoms with van der Waals surface area (Å²) in [7, 11) is 1.71. The van der Waals surface area contributed by atoms with Crippen LogP contribution in [0.2, 0.25) is 0 Å². The van der Waals surface area contributed by atoms with Crippen molar-refractivity contribution in [2.24, 2.45) is 0 Å². The number of nitrogens with one attached hydrogen (secondary N) is 1. The summed E-state index contributed by atoms with van der Waals surface area (Å²) in [4.78, 5) is 0. The molecule has 1 aromatic carbocycles. The third-order valence-electron chi connectivity index (χ3n) is 3.57. The fourth-order valence-electron chi connectivity index (χ4n) is 2.36. The molecule has 1 atom stereocenters. The van der Waals surface area contributed by atoms with Crippen molar-refractivity contribution in [1.29, 1.82) is 0 Å². The minimum atomic E-state index is 0.385. The molecule has 0 amide bonds. The van der Waals surface area contributed by atoms with Gasteiger partial charge in [-0.2, -0.15) is 0 Å². The van der Waals surface area contributed by atoms with E-state index < -0.39 is 0 Å². The fourth-order valence-corrected chi connectivity index (χ4v) is 2.77. The monoisotopic (exact) mass is 350 g/mol. The Labute approximate surface area is 135 Å². The first-order valence-corrected chi connectivity index (χ1v) is 8.14. The number of methoxy groups -OCH3 is 1. The van der Waals surface area contributed by atoms with Gasteiger partial charge in [-0.3, -0.25) is 0 Å². The summed E-state index contributed by atoms with van der Waals surface area (Å²) in [6.07, 6.45) is 5.48. The maximum Gasteiger partial charge on any atom is 0.123 e. The lowest BCUT2D eigenvalue weighted by atomic mass is 10.2. The number of halogens is 1. The number of hydrogen-bond donors (Lipinski definition) is 1. The molecule has 0 bridgehead atoms. The molecule has 0 aliphatic carbocycles. The lowest BCUT2D eigenvalue weighted by Gasteiger charge is -2.12. The van der Waals surface area contributed by atoms with Gasteiger partial charge in [0.15, 0.2) is 0 Å². The Hall–Kier alpha value is -1.26. The molecule has 1 aromatic heterocycles. The minimum absolute atomic E-state index is 0.385. The average molecular weight is 351 g/mol. The Balaban J connectivity index is 2.10. The van der Waals surface area contributed by atoms with E-state index in [0.717, 1.165) is 29.7 Å². The lowest BCUT2D eigenvalue weighted by Crippen LogP contribution is -2.18. The first-order valence-electron chi connectivity index (χ1n) is 7.35. The molecule has 1 heterocycles. The van der Waals surface area contributed by atoms with Crippen molar-refractivity contribution in [1.82, 2.24) is 9.88 Å². The molecule has 0 spiro atoms. The molecular formula is C17H23BrN2O. The minimum Gasteiger partial charge on any atom is -0.496 e. The molecule has 114 valence electrons. The van der Waals surface area contributed by atoms with Crippen LogP contribution in [0, 0.1) is 0 Å². The molecular weight excluding hydrogens is 328 g/mol. The number of benzene rings is 1. The maximum absolute atomic E-state index is 5.43. The van der Waals surface area contributed by atoms with Crippen molar-refractivity contribution in [2.75, 3.05) is 13.7 Å². The summed E-state index contributed by atoms with van der Waals surface area (Å²) in [5, 5.41) is 3.51. The van der Waals surface area contributed by atoms with Gasteiger partial charge in [0, 0.05) is 28.5 Å². The predicted octanol–water partition coefficient (Wildman–Crippen LogP) is 4.37. The van der Waals surface area contributed by atoms with E-state index in [0.29, 0.717) is 6.04 Å². The second kappa shape index (κ2) is 7.66. The zero-order valence-electron chi connectivity index (χ0n) is 12.9. The molecule has 0 radical (unpaired) electrons. The van der Waals surface area contributed by atoms with Gasteiger partial charge in [-0.15, -0.1) is 0 Å². The molecule has 2 aromatic rings. The Morgan fingerprint density at radius 3 is 2.86 bits per heavy atom. The van der Waals surface area contributed by atoms with Crippen molar-refractivity contribution >= 4 is 15.9 Å². The van der Waals surface area contributed by atoms with E-state index in [1.54, 1.807) is 7.11 Å². The highest BCUT2D eigenvalue weighted by atomic mass is 79.9. The summed E-state index contributed by atoms with van der Waals surface area (Å²) in [5.41, 5.74) is 2.49. The summed E-state index contributed by atoms with van der Waals surface area (Å²) >= 11 is 3.52. The quantitative estimate of drug-likeness (QED) is 0.802. The number of nitrogens with zero attached hydrogens (tertiary/aromatic N) is 1. The van der Waals surface area contributed by atoms with Crippen LogP contribution in [-0.2, 0) is 6.54 Å². The van der Waals surface area contributed by atoms with Crippen LogP contribution in [-0.4, -0.2) is 18.2 Å². The van der Waals surface area contributed by atoms with E-state index >= 15 is 0 Å². The van der Waals surface area contributed by atoms with Gasteiger partial charge < -0.3 is 14.6 Å². The third kappa shape index (κ3) is 4.35. The lowest BCUT2D eigenvalue weighted by molar-refractivity contribution is 0.408. The first-order chi connectivity index (χ1) is 10.1. The third-order valence-corrected chi connectivity index (χ3v) is 4.06. The normalized spacial score (nSPS) is 12.4. The molecule has 3 nitrogen and oxygen atoms in total. The second-order valence-corrected chi connectivity index (χ2v) is 6.16. The summed E-state index contributed by atoms with van der Waals surface area (Å²) in [6.45, 7) is 6.24. The van der Waals surface area contributed by atoms with Crippen LogP contribution in [0.5, 0.6) is 5.75 Å². The Morgan fingerprint density at radius 1 is 1.33 bits per heavy atom. The van der Waals surface area contributed by atoms with E-state index in [4.69, 9.17) is 4.74 Å². The Bertz CT molecular complexity index is 580. The van der Waals surface area contributed by atoms with Gasteiger partial charge in [-0.1, -0.05) is 22.9 Å². The van der Waals surface area contributed by atoms with Crippen LogP contribution in [0.3, 0.4) is 0 Å². The van der Waals surface area contributed by atoms with Gasteiger partial charge in [-0.05, 0) is 49.7 Å². The molecule has 0 saturated carbocycles. The zero-order chi connectivity index (χ0) is 15.2.